The van der Waals surface area contributed by atoms with Crippen LogP contribution in [0, 0.1) is 0 Å². The van der Waals surface area contributed by atoms with Crippen molar-refractivity contribution in [1.82, 2.24) is 16.3 Å². The lowest BCUT2D eigenvalue weighted by Crippen LogP contribution is -2.68. The third-order valence-corrected chi connectivity index (χ3v) is 2.12. The van der Waals surface area contributed by atoms with E-state index >= 15 is 0 Å². The van der Waals surface area contributed by atoms with Crippen molar-refractivity contribution < 1.29 is 4.59 Å². The second kappa shape index (κ2) is 3.99. The zero-order valence-corrected chi connectivity index (χ0v) is 8.08. The van der Waals surface area contributed by atoms with Crippen LogP contribution in [0.4, 0.5) is 0 Å². The van der Waals surface area contributed by atoms with Crippen LogP contribution < -0.4 is 22.0 Å². The Morgan fingerprint density at radius 2 is 2.08 bits per heavy atom. The minimum absolute atomic E-state index is 0.285. The second-order valence-corrected chi connectivity index (χ2v) is 3.63. The van der Waals surface area contributed by atoms with Crippen molar-refractivity contribution in [3.05, 3.63) is 0 Å². The molecule has 12 heavy (non-hydrogen) atoms. The molecule has 1 saturated heterocycles. The number of likely N-dealkylation sites (N-methyl/N-ethyl adjacent to an activating group) is 1. The number of nitrogens with two attached hydrogens (primary N) is 1. The van der Waals surface area contributed by atoms with E-state index in [-0.39, 0.29) is 5.11 Å². The number of rotatable bonds is 2. The van der Waals surface area contributed by atoms with Crippen molar-refractivity contribution in [2.24, 2.45) is 5.73 Å². The summed E-state index contributed by atoms with van der Waals surface area (Å²) < 4.78 is 0.754. The summed E-state index contributed by atoms with van der Waals surface area (Å²) in [5, 5.41) is 3.57. The molecule has 0 unspecified atom stereocenters. The first-order chi connectivity index (χ1) is 5.62. The molecule has 0 aromatic carbocycles. The molecule has 1 heterocycles. The van der Waals surface area contributed by atoms with E-state index in [9.17, 15) is 0 Å². The molecule has 5 N–H and O–H groups in total. The summed E-state index contributed by atoms with van der Waals surface area (Å²) in [7, 11) is 2.10. The summed E-state index contributed by atoms with van der Waals surface area (Å²) in [4.78, 5) is 0. The molecule has 0 aromatic heterocycles. The normalized spacial score (nSPS) is 21.8. The minimum Gasteiger partial charge on any atom is -0.375 e. The van der Waals surface area contributed by atoms with Crippen molar-refractivity contribution in [3.8, 4) is 0 Å². The number of nitrogens with zero attached hydrogens (tertiary/aromatic N) is 1. The third kappa shape index (κ3) is 2.90. The first kappa shape index (κ1) is 9.66. The summed E-state index contributed by atoms with van der Waals surface area (Å²) in [6.07, 6.45) is 0. The van der Waals surface area contributed by atoms with Gasteiger partial charge in [0.15, 0.2) is 5.11 Å². The predicted molar refractivity (Wildman–Crippen MR) is 51.8 cm³/mol. The standard InChI is InChI=1S/C6H15N5S/c1-11(10-9-6(7)12)4-2-8-3-5-11/h8,10H,2-5H2,1H3,(H2-,7,9,12)/p+1. The van der Waals surface area contributed by atoms with Crippen LogP contribution in [-0.2, 0) is 0 Å². The molecule has 5 nitrogen and oxygen atoms in total. The summed E-state index contributed by atoms with van der Waals surface area (Å²) in [5.74, 6) is 0. The van der Waals surface area contributed by atoms with E-state index in [1.165, 1.54) is 0 Å². The van der Waals surface area contributed by atoms with Crippen LogP contribution in [0.3, 0.4) is 0 Å². The topological polar surface area (TPSA) is 62.1 Å². The number of hydrogen-bond acceptors (Lipinski definition) is 3. The molecular formula is C6H16N5S+. The molecule has 1 aliphatic rings. The van der Waals surface area contributed by atoms with E-state index < -0.39 is 0 Å². The highest BCUT2D eigenvalue weighted by Gasteiger charge is 2.24. The Kier molecular flexibility index (Phi) is 3.21. The van der Waals surface area contributed by atoms with Gasteiger partial charge in [0.1, 0.15) is 13.1 Å². The minimum atomic E-state index is 0.285. The number of hydrogen-bond donors (Lipinski definition) is 4. The van der Waals surface area contributed by atoms with Crippen LogP contribution in [0.5, 0.6) is 0 Å². The van der Waals surface area contributed by atoms with Gasteiger partial charge in [0.2, 0.25) is 0 Å². The van der Waals surface area contributed by atoms with Gasteiger partial charge < -0.3 is 11.1 Å². The van der Waals surface area contributed by atoms with Gasteiger partial charge in [-0.1, -0.05) is 5.53 Å². The maximum atomic E-state index is 5.30. The molecule has 0 aliphatic carbocycles. The van der Waals surface area contributed by atoms with Crippen molar-refractivity contribution in [3.63, 3.8) is 0 Å². The van der Waals surface area contributed by atoms with Crippen LogP contribution in [0.25, 0.3) is 0 Å². The largest absolute Gasteiger partial charge is 0.375 e. The summed E-state index contributed by atoms with van der Waals surface area (Å²) in [6.45, 7) is 4.08. The van der Waals surface area contributed by atoms with Gasteiger partial charge in [-0.05, 0) is 12.2 Å². The number of piperazine rings is 1. The highest BCUT2D eigenvalue weighted by molar-refractivity contribution is 7.80. The average molecular weight is 190 g/mol. The fourth-order valence-corrected chi connectivity index (χ4v) is 1.24. The Bertz CT molecular complexity index is 165. The molecule has 0 saturated carbocycles. The Morgan fingerprint density at radius 3 is 2.58 bits per heavy atom. The fourth-order valence-electron chi connectivity index (χ4n) is 1.19. The predicted octanol–water partition coefficient (Wildman–Crippen LogP) is -1.71. The van der Waals surface area contributed by atoms with Crippen molar-refractivity contribution in [2.75, 3.05) is 33.2 Å². The lowest BCUT2D eigenvalue weighted by molar-refractivity contribution is -0.957. The molecule has 0 atom stereocenters. The number of quaternary nitrogens is 1. The van der Waals surface area contributed by atoms with Crippen molar-refractivity contribution in [2.45, 2.75) is 0 Å². The van der Waals surface area contributed by atoms with Crippen LogP contribution in [0.2, 0.25) is 0 Å². The zero-order valence-electron chi connectivity index (χ0n) is 7.26. The number of hydrazine groups is 1. The summed E-state index contributed by atoms with van der Waals surface area (Å²) in [5.41, 5.74) is 11.1. The Morgan fingerprint density at radius 1 is 1.50 bits per heavy atom. The molecule has 1 aliphatic heterocycles. The molecule has 0 radical (unpaired) electrons. The Balaban J connectivity index is 2.31. The Labute approximate surface area is 77.8 Å². The lowest BCUT2D eigenvalue weighted by atomic mass is 10.4. The molecule has 0 spiro atoms. The van der Waals surface area contributed by atoms with E-state index in [4.69, 9.17) is 18.0 Å². The van der Waals surface area contributed by atoms with Crippen molar-refractivity contribution >= 4 is 17.3 Å². The monoisotopic (exact) mass is 190 g/mol. The summed E-state index contributed by atoms with van der Waals surface area (Å²) in [6, 6.07) is 0. The second-order valence-electron chi connectivity index (χ2n) is 3.19. The van der Waals surface area contributed by atoms with Gasteiger partial charge in [0.05, 0.1) is 7.05 Å². The van der Waals surface area contributed by atoms with Crippen LogP contribution >= 0.6 is 12.2 Å². The molecule has 6 heteroatoms. The SMILES string of the molecule is C[N+]1(NNC(N)=S)CCNCC1. The van der Waals surface area contributed by atoms with Gasteiger partial charge in [-0.25, -0.2) is 4.59 Å². The third-order valence-electron chi connectivity index (χ3n) is 2.01. The van der Waals surface area contributed by atoms with Crippen LogP contribution in [0.15, 0.2) is 0 Å². The van der Waals surface area contributed by atoms with Gasteiger partial charge >= 0.3 is 0 Å². The molecule has 1 fully saturated rings. The molecular weight excluding hydrogens is 174 g/mol. The average Bonchev–Trinajstić information content (AvgIpc) is 2.03. The fraction of sp³-hybridized carbons (Fsp3) is 0.833. The van der Waals surface area contributed by atoms with Gasteiger partial charge in [-0.15, -0.1) is 0 Å². The zero-order chi connectivity index (χ0) is 9.03. The molecule has 0 aromatic rings. The lowest BCUT2D eigenvalue weighted by Gasteiger charge is -2.36. The number of nitrogens with one attached hydrogen (secondary N) is 3. The first-order valence-electron chi connectivity index (χ1n) is 4.00. The van der Waals surface area contributed by atoms with Crippen LogP contribution in [-0.4, -0.2) is 42.9 Å². The van der Waals surface area contributed by atoms with Crippen molar-refractivity contribution in [1.29, 1.82) is 0 Å². The van der Waals surface area contributed by atoms with E-state index in [2.05, 4.69) is 23.3 Å². The highest BCUT2D eigenvalue weighted by Crippen LogP contribution is 1.96. The Hall–Kier alpha value is -0.430. The first-order valence-corrected chi connectivity index (χ1v) is 4.41. The maximum Gasteiger partial charge on any atom is 0.182 e. The smallest absolute Gasteiger partial charge is 0.182 e. The van der Waals surface area contributed by atoms with Gasteiger partial charge in [0.25, 0.3) is 0 Å². The van der Waals surface area contributed by atoms with Gasteiger partial charge in [0, 0.05) is 13.1 Å². The highest BCUT2D eigenvalue weighted by atomic mass is 32.1. The van der Waals surface area contributed by atoms with Crippen LogP contribution in [0.1, 0.15) is 0 Å². The van der Waals surface area contributed by atoms with E-state index in [1.54, 1.807) is 0 Å². The molecule has 1 rings (SSSR count). The molecule has 70 valence electrons. The maximum absolute atomic E-state index is 5.30. The quantitative estimate of drug-likeness (QED) is 0.237. The van der Waals surface area contributed by atoms with Gasteiger partial charge in [-0.2, -0.15) is 0 Å². The van der Waals surface area contributed by atoms with Gasteiger partial charge in [-0.3, -0.25) is 5.43 Å². The number of thiocarbonyl (C=S) groups is 1. The molecule has 0 amide bonds. The van der Waals surface area contributed by atoms with E-state index in [0.717, 1.165) is 30.8 Å². The van der Waals surface area contributed by atoms with E-state index in [1.807, 2.05) is 0 Å². The summed E-state index contributed by atoms with van der Waals surface area (Å²) >= 11 is 4.69. The van der Waals surface area contributed by atoms with E-state index in [0.29, 0.717) is 0 Å². The molecule has 0 bridgehead atoms.